The van der Waals surface area contributed by atoms with E-state index in [1.165, 1.54) is 0 Å². The molecule has 0 bridgehead atoms. The summed E-state index contributed by atoms with van der Waals surface area (Å²) < 4.78 is 25.7. The van der Waals surface area contributed by atoms with E-state index in [-0.39, 0.29) is 12.8 Å². The van der Waals surface area contributed by atoms with Gasteiger partial charge in [0.05, 0.1) is 5.92 Å². The van der Waals surface area contributed by atoms with Gasteiger partial charge in [-0.25, -0.2) is 8.78 Å². The number of carbonyl (C=O) groups is 1. The molecule has 1 aromatic rings. The number of halogens is 2. The summed E-state index contributed by atoms with van der Waals surface area (Å²) >= 11 is 0. The summed E-state index contributed by atoms with van der Waals surface area (Å²) in [5.41, 5.74) is 0.789. The number of hydrogen-bond acceptors (Lipinski definition) is 1. The van der Waals surface area contributed by atoms with Crippen molar-refractivity contribution >= 4 is 5.97 Å². The molecule has 1 aliphatic rings. The van der Waals surface area contributed by atoms with Gasteiger partial charge in [-0.2, -0.15) is 0 Å². The summed E-state index contributed by atoms with van der Waals surface area (Å²) in [5, 5.41) is 8.94. The summed E-state index contributed by atoms with van der Waals surface area (Å²) in [7, 11) is 0. The van der Waals surface area contributed by atoms with Gasteiger partial charge in [0, 0.05) is 12.3 Å². The van der Waals surface area contributed by atoms with Gasteiger partial charge in [0.2, 0.25) is 0 Å². The van der Waals surface area contributed by atoms with Crippen LogP contribution in [0.2, 0.25) is 0 Å². The fourth-order valence-corrected chi connectivity index (χ4v) is 1.94. The quantitative estimate of drug-likeness (QED) is 0.856. The average Bonchev–Trinajstić information content (AvgIpc) is 2.85. The highest BCUT2D eigenvalue weighted by molar-refractivity contribution is 5.71. The Morgan fingerprint density at radius 1 is 1.44 bits per heavy atom. The SMILES string of the molecule is O=C(O)C(Cc1ccccc1)C1CC1(F)F. The van der Waals surface area contributed by atoms with E-state index < -0.39 is 23.7 Å². The van der Waals surface area contributed by atoms with E-state index in [2.05, 4.69) is 0 Å². The maximum absolute atomic E-state index is 12.8. The molecule has 2 nitrogen and oxygen atoms in total. The van der Waals surface area contributed by atoms with Crippen LogP contribution in [0.15, 0.2) is 30.3 Å². The lowest BCUT2D eigenvalue weighted by Crippen LogP contribution is -2.21. The molecule has 0 aliphatic heterocycles. The summed E-state index contributed by atoms with van der Waals surface area (Å²) in [5.74, 6) is -5.88. The van der Waals surface area contributed by atoms with Gasteiger partial charge >= 0.3 is 5.97 Å². The first kappa shape index (κ1) is 11.0. The van der Waals surface area contributed by atoms with E-state index in [0.717, 1.165) is 5.56 Å². The van der Waals surface area contributed by atoms with E-state index in [1.54, 1.807) is 24.3 Å². The van der Waals surface area contributed by atoms with Crippen molar-refractivity contribution in [3.63, 3.8) is 0 Å². The summed E-state index contributed by atoms with van der Waals surface area (Å²) in [4.78, 5) is 10.9. The molecule has 16 heavy (non-hydrogen) atoms. The Kier molecular flexibility index (Phi) is 2.66. The molecule has 1 fully saturated rings. The third-order valence-electron chi connectivity index (χ3n) is 2.98. The second-order valence-corrected chi connectivity index (χ2v) is 4.21. The minimum atomic E-state index is -2.78. The molecule has 2 atom stereocenters. The lowest BCUT2D eigenvalue weighted by molar-refractivity contribution is -0.143. The molecule has 0 heterocycles. The molecule has 1 aliphatic carbocycles. The molecule has 0 spiro atoms. The molecule has 1 saturated carbocycles. The predicted molar refractivity (Wildman–Crippen MR) is 54.3 cm³/mol. The fourth-order valence-electron chi connectivity index (χ4n) is 1.94. The van der Waals surface area contributed by atoms with Crippen LogP contribution in [0.5, 0.6) is 0 Å². The topological polar surface area (TPSA) is 37.3 Å². The van der Waals surface area contributed by atoms with E-state index >= 15 is 0 Å². The van der Waals surface area contributed by atoms with Crippen LogP contribution in [0.3, 0.4) is 0 Å². The van der Waals surface area contributed by atoms with Gasteiger partial charge in [-0.15, -0.1) is 0 Å². The maximum atomic E-state index is 12.8. The van der Waals surface area contributed by atoms with Crippen LogP contribution in [0.1, 0.15) is 12.0 Å². The van der Waals surface area contributed by atoms with Crippen LogP contribution in [-0.4, -0.2) is 17.0 Å². The minimum Gasteiger partial charge on any atom is -0.481 e. The largest absolute Gasteiger partial charge is 0.481 e. The van der Waals surface area contributed by atoms with Gasteiger partial charge in [0.25, 0.3) is 5.92 Å². The molecule has 0 saturated heterocycles. The fraction of sp³-hybridized carbons (Fsp3) is 0.417. The number of aliphatic carboxylic acids is 1. The molecule has 0 aromatic heterocycles. The first-order valence-corrected chi connectivity index (χ1v) is 5.15. The molecule has 0 amide bonds. The van der Waals surface area contributed by atoms with Crippen molar-refractivity contribution in [3.8, 4) is 0 Å². The second-order valence-electron chi connectivity index (χ2n) is 4.21. The van der Waals surface area contributed by atoms with Crippen LogP contribution in [0, 0.1) is 11.8 Å². The summed E-state index contributed by atoms with van der Waals surface area (Å²) in [6.07, 6.45) is -0.118. The third-order valence-corrected chi connectivity index (χ3v) is 2.98. The molecule has 2 unspecified atom stereocenters. The Balaban J connectivity index is 2.08. The number of rotatable bonds is 4. The monoisotopic (exact) mass is 226 g/mol. The lowest BCUT2D eigenvalue weighted by atomic mass is 9.95. The van der Waals surface area contributed by atoms with Gasteiger partial charge in [0.15, 0.2) is 0 Å². The van der Waals surface area contributed by atoms with E-state index in [4.69, 9.17) is 5.11 Å². The van der Waals surface area contributed by atoms with Crippen LogP contribution < -0.4 is 0 Å². The standard InChI is InChI=1S/C12H12F2O2/c13-12(14)7-10(12)9(11(15)16)6-8-4-2-1-3-5-8/h1-5,9-10H,6-7H2,(H,15,16). The zero-order valence-corrected chi connectivity index (χ0v) is 8.57. The Hall–Kier alpha value is -1.45. The summed E-state index contributed by atoms with van der Waals surface area (Å²) in [6, 6.07) is 8.89. The number of benzene rings is 1. The van der Waals surface area contributed by atoms with Crippen molar-refractivity contribution in [2.24, 2.45) is 11.8 Å². The maximum Gasteiger partial charge on any atom is 0.307 e. The van der Waals surface area contributed by atoms with Gasteiger partial charge in [-0.05, 0) is 12.0 Å². The lowest BCUT2D eigenvalue weighted by Gasteiger charge is -2.11. The molecule has 1 aromatic carbocycles. The smallest absolute Gasteiger partial charge is 0.307 e. The Bertz CT molecular complexity index is 389. The Morgan fingerprint density at radius 2 is 2.00 bits per heavy atom. The second kappa shape index (κ2) is 3.85. The number of carboxylic acids is 1. The third kappa shape index (κ3) is 2.21. The molecular formula is C12H12F2O2. The predicted octanol–water partition coefficient (Wildman–Crippen LogP) is 2.59. The molecule has 86 valence electrons. The number of alkyl halides is 2. The zero-order chi connectivity index (χ0) is 11.8. The summed E-state index contributed by atoms with van der Waals surface area (Å²) in [6.45, 7) is 0. The van der Waals surface area contributed by atoms with Crippen molar-refractivity contribution in [2.75, 3.05) is 0 Å². The molecular weight excluding hydrogens is 214 g/mol. The molecule has 2 rings (SSSR count). The average molecular weight is 226 g/mol. The van der Waals surface area contributed by atoms with E-state index in [0.29, 0.717) is 0 Å². The van der Waals surface area contributed by atoms with Crippen molar-refractivity contribution in [3.05, 3.63) is 35.9 Å². The normalized spacial score (nSPS) is 23.8. The molecule has 4 heteroatoms. The van der Waals surface area contributed by atoms with Crippen LogP contribution in [0.25, 0.3) is 0 Å². The van der Waals surface area contributed by atoms with Crippen LogP contribution in [-0.2, 0) is 11.2 Å². The molecule has 0 radical (unpaired) electrons. The van der Waals surface area contributed by atoms with Crippen LogP contribution in [0.4, 0.5) is 8.78 Å². The highest BCUT2D eigenvalue weighted by atomic mass is 19.3. The van der Waals surface area contributed by atoms with Crippen molar-refractivity contribution < 1.29 is 18.7 Å². The van der Waals surface area contributed by atoms with Gasteiger partial charge in [0.1, 0.15) is 0 Å². The Labute approximate surface area is 91.9 Å². The van der Waals surface area contributed by atoms with Gasteiger partial charge in [-0.3, -0.25) is 4.79 Å². The minimum absolute atomic E-state index is 0.177. The van der Waals surface area contributed by atoms with Crippen molar-refractivity contribution in [1.82, 2.24) is 0 Å². The van der Waals surface area contributed by atoms with Gasteiger partial charge < -0.3 is 5.11 Å². The van der Waals surface area contributed by atoms with Crippen molar-refractivity contribution in [1.29, 1.82) is 0 Å². The zero-order valence-electron chi connectivity index (χ0n) is 8.57. The highest BCUT2D eigenvalue weighted by Crippen LogP contribution is 2.53. The van der Waals surface area contributed by atoms with Crippen molar-refractivity contribution in [2.45, 2.75) is 18.8 Å². The highest BCUT2D eigenvalue weighted by Gasteiger charge is 2.61. The van der Waals surface area contributed by atoms with E-state index in [9.17, 15) is 13.6 Å². The van der Waals surface area contributed by atoms with Gasteiger partial charge in [-0.1, -0.05) is 30.3 Å². The molecule has 1 N–H and O–H groups in total. The first-order valence-electron chi connectivity index (χ1n) is 5.15. The van der Waals surface area contributed by atoms with E-state index in [1.807, 2.05) is 6.07 Å². The van der Waals surface area contributed by atoms with Crippen LogP contribution >= 0.6 is 0 Å². The first-order chi connectivity index (χ1) is 7.50. The Morgan fingerprint density at radius 3 is 2.44 bits per heavy atom. The number of carboxylic acid groups (broad SMARTS) is 1. The number of hydrogen-bond donors (Lipinski definition) is 1.